The Morgan fingerprint density at radius 2 is 2.04 bits per heavy atom. The molecule has 1 aliphatic carbocycles. The average Bonchev–Trinajstić information content (AvgIpc) is 2.90. The summed E-state index contributed by atoms with van der Waals surface area (Å²) < 4.78 is 6.98. The van der Waals surface area contributed by atoms with Gasteiger partial charge in [0, 0.05) is 24.5 Å². The lowest BCUT2D eigenvalue weighted by molar-refractivity contribution is -0.132. The number of ether oxygens (including phenoxy) is 1. The molecule has 3 heterocycles. The van der Waals surface area contributed by atoms with E-state index in [0.717, 1.165) is 29.5 Å². The molecule has 1 aliphatic heterocycles. The molecule has 2 aromatic rings. The van der Waals surface area contributed by atoms with Gasteiger partial charge >= 0.3 is 0 Å². The molecule has 1 fully saturated rings. The molecule has 2 aliphatic rings. The fourth-order valence-corrected chi connectivity index (χ4v) is 6.04. The van der Waals surface area contributed by atoms with Crippen LogP contribution in [0.5, 0.6) is 0 Å². The van der Waals surface area contributed by atoms with Gasteiger partial charge in [0.25, 0.3) is 5.56 Å². The number of carbonyl (C=O) groups excluding carboxylic acids is 1. The fraction of sp³-hybridized carbons (Fsp3) is 0.550. The lowest BCUT2D eigenvalue weighted by Gasteiger charge is -2.26. The van der Waals surface area contributed by atoms with Crippen LogP contribution in [0.15, 0.2) is 22.6 Å². The van der Waals surface area contributed by atoms with Gasteiger partial charge in [-0.3, -0.25) is 14.2 Å². The number of allylic oxidation sites excluding steroid dienone is 1. The van der Waals surface area contributed by atoms with Gasteiger partial charge in [-0.05, 0) is 31.2 Å². The Kier molecular flexibility index (Phi) is 6.18. The quantitative estimate of drug-likeness (QED) is 0.323. The van der Waals surface area contributed by atoms with Crippen LogP contribution in [0.25, 0.3) is 10.2 Å². The Morgan fingerprint density at radius 1 is 1.25 bits per heavy atom. The highest BCUT2D eigenvalue weighted by Crippen LogP contribution is 2.34. The second kappa shape index (κ2) is 8.80. The molecule has 150 valence electrons. The summed E-state index contributed by atoms with van der Waals surface area (Å²) in [4.78, 5) is 34.5. The van der Waals surface area contributed by atoms with Crippen molar-refractivity contribution < 1.29 is 9.53 Å². The van der Waals surface area contributed by atoms with Gasteiger partial charge in [-0.2, -0.15) is 0 Å². The topological polar surface area (TPSA) is 64.4 Å². The Balaban J connectivity index is 1.65. The molecule has 0 aromatic carbocycles. The maximum atomic E-state index is 13.3. The van der Waals surface area contributed by atoms with Crippen molar-refractivity contribution in [1.29, 1.82) is 0 Å². The predicted molar refractivity (Wildman–Crippen MR) is 113 cm³/mol. The number of morpholine rings is 1. The summed E-state index contributed by atoms with van der Waals surface area (Å²) in [5.41, 5.74) is 1.21. The van der Waals surface area contributed by atoms with Gasteiger partial charge < -0.3 is 9.64 Å². The Hall–Kier alpha value is -1.64. The number of aryl methyl sites for hydroxylation is 2. The number of rotatable bonds is 5. The van der Waals surface area contributed by atoms with Crippen LogP contribution in [0.2, 0.25) is 0 Å². The zero-order valence-corrected chi connectivity index (χ0v) is 17.6. The summed E-state index contributed by atoms with van der Waals surface area (Å²) in [6.07, 6.45) is 7.24. The molecule has 6 nitrogen and oxygen atoms in total. The van der Waals surface area contributed by atoms with Crippen molar-refractivity contribution in [1.82, 2.24) is 14.5 Å². The SMILES string of the molecule is C=CCn1c(SCC(=O)N2CCOCC2)nc2sc3c(c2c1=O)CCCCC3. The Bertz CT molecular complexity index is 944. The maximum Gasteiger partial charge on any atom is 0.263 e. The zero-order valence-electron chi connectivity index (χ0n) is 15.9. The average molecular weight is 420 g/mol. The number of nitrogens with zero attached hydrogens (tertiary/aromatic N) is 3. The minimum atomic E-state index is 0.00521. The molecule has 28 heavy (non-hydrogen) atoms. The first-order valence-electron chi connectivity index (χ1n) is 9.83. The lowest BCUT2D eigenvalue weighted by atomic mass is 10.1. The van der Waals surface area contributed by atoms with Gasteiger partial charge in [-0.15, -0.1) is 17.9 Å². The van der Waals surface area contributed by atoms with E-state index in [2.05, 4.69) is 6.58 Å². The van der Waals surface area contributed by atoms with E-state index in [4.69, 9.17) is 9.72 Å². The van der Waals surface area contributed by atoms with Crippen LogP contribution in [0.4, 0.5) is 0 Å². The Labute approximate surface area is 172 Å². The summed E-state index contributed by atoms with van der Waals surface area (Å²) in [6, 6.07) is 0. The van der Waals surface area contributed by atoms with E-state index in [0.29, 0.717) is 38.0 Å². The van der Waals surface area contributed by atoms with Crippen LogP contribution in [0.1, 0.15) is 29.7 Å². The molecule has 0 atom stereocenters. The zero-order chi connectivity index (χ0) is 19.5. The normalized spacial score (nSPS) is 17.4. The first-order valence-corrected chi connectivity index (χ1v) is 11.6. The maximum absolute atomic E-state index is 13.3. The van der Waals surface area contributed by atoms with Gasteiger partial charge in [0.15, 0.2) is 5.16 Å². The molecule has 1 amide bonds. The second-order valence-corrected chi connectivity index (χ2v) is 9.15. The van der Waals surface area contributed by atoms with Crippen LogP contribution < -0.4 is 5.56 Å². The number of hydrogen-bond acceptors (Lipinski definition) is 6. The number of thioether (sulfide) groups is 1. The fourth-order valence-electron chi connectivity index (χ4n) is 3.83. The lowest BCUT2D eigenvalue weighted by Crippen LogP contribution is -2.41. The number of carbonyl (C=O) groups is 1. The van der Waals surface area contributed by atoms with Crippen molar-refractivity contribution in [2.45, 2.75) is 43.8 Å². The molecular formula is C20H25N3O3S2. The van der Waals surface area contributed by atoms with Gasteiger partial charge in [0.2, 0.25) is 5.91 Å². The molecule has 0 spiro atoms. The summed E-state index contributed by atoms with van der Waals surface area (Å²) in [7, 11) is 0. The largest absolute Gasteiger partial charge is 0.378 e. The summed E-state index contributed by atoms with van der Waals surface area (Å²) >= 11 is 3.00. The number of hydrogen-bond donors (Lipinski definition) is 0. The van der Waals surface area contributed by atoms with Crippen LogP contribution in [-0.2, 0) is 28.9 Å². The molecule has 0 bridgehead atoms. The number of aromatic nitrogens is 2. The molecule has 0 N–H and O–H groups in total. The van der Waals surface area contributed by atoms with E-state index in [1.54, 1.807) is 22.0 Å². The molecule has 0 saturated carbocycles. The highest BCUT2D eigenvalue weighted by Gasteiger charge is 2.23. The molecule has 8 heteroatoms. The standard InChI is InChI=1S/C20H25N3O3S2/c1-2-8-23-19(25)17-14-6-4-3-5-7-15(14)28-18(17)21-20(23)27-13-16(24)22-9-11-26-12-10-22/h2H,1,3-13H2. The highest BCUT2D eigenvalue weighted by molar-refractivity contribution is 7.99. The van der Waals surface area contributed by atoms with Crippen molar-refractivity contribution in [3.63, 3.8) is 0 Å². The van der Waals surface area contributed by atoms with E-state index in [-0.39, 0.29) is 17.2 Å². The van der Waals surface area contributed by atoms with Gasteiger partial charge in [0.05, 0.1) is 24.4 Å². The number of fused-ring (bicyclic) bond motifs is 3. The molecule has 2 aromatic heterocycles. The van der Waals surface area contributed by atoms with Crippen molar-refractivity contribution >= 4 is 39.2 Å². The monoisotopic (exact) mass is 419 g/mol. The van der Waals surface area contributed by atoms with E-state index in [1.165, 1.54) is 35.0 Å². The molecule has 0 radical (unpaired) electrons. The van der Waals surface area contributed by atoms with Gasteiger partial charge in [0.1, 0.15) is 4.83 Å². The minimum Gasteiger partial charge on any atom is -0.378 e. The third-order valence-corrected chi connectivity index (χ3v) is 7.44. The van der Waals surface area contributed by atoms with E-state index in [1.807, 2.05) is 4.90 Å². The highest BCUT2D eigenvalue weighted by atomic mass is 32.2. The number of amides is 1. The van der Waals surface area contributed by atoms with Crippen LogP contribution in [0.3, 0.4) is 0 Å². The first-order chi connectivity index (χ1) is 13.7. The molecular weight excluding hydrogens is 394 g/mol. The van der Waals surface area contributed by atoms with Crippen molar-refractivity contribution in [3.8, 4) is 0 Å². The van der Waals surface area contributed by atoms with Crippen LogP contribution >= 0.6 is 23.1 Å². The number of thiophene rings is 1. The minimum absolute atomic E-state index is 0.00521. The third kappa shape index (κ3) is 3.90. The van der Waals surface area contributed by atoms with Gasteiger partial charge in [-0.25, -0.2) is 4.98 Å². The smallest absolute Gasteiger partial charge is 0.263 e. The molecule has 4 rings (SSSR count). The third-order valence-electron chi connectivity index (χ3n) is 5.29. The summed E-state index contributed by atoms with van der Waals surface area (Å²) in [6.45, 7) is 6.62. The molecule has 1 saturated heterocycles. The van der Waals surface area contributed by atoms with E-state index < -0.39 is 0 Å². The molecule has 0 unspecified atom stereocenters. The summed E-state index contributed by atoms with van der Waals surface area (Å²) in [5.74, 6) is 0.343. The van der Waals surface area contributed by atoms with Crippen molar-refractivity contribution in [2.75, 3.05) is 32.1 Å². The first kappa shape index (κ1) is 19.7. The van der Waals surface area contributed by atoms with Crippen molar-refractivity contribution in [3.05, 3.63) is 33.4 Å². The Morgan fingerprint density at radius 3 is 2.82 bits per heavy atom. The summed E-state index contributed by atoms with van der Waals surface area (Å²) in [5, 5.41) is 1.39. The van der Waals surface area contributed by atoms with Gasteiger partial charge in [-0.1, -0.05) is 24.3 Å². The predicted octanol–water partition coefficient (Wildman–Crippen LogP) is 2.86. The second-order valence-electron chi connectivity index (χ2n) is 7.13. The van der Waals surface area contributed by atoms with Crippen LogP contribution in [-0.4, -0.2) is 52.4 Å². The van der Waals surface area contributed by atoms with Crippen molar-refractivity contribution in [2.24, 2.45) is 0 Å². The van der Waals surface area contributed by atoms with E-state index in [9.17, 15) is 9.59 Å². The van der Waals surface area contributed by atoms with Crippen LogP contribution in [0, 0.1) is 0 Å². The van der Waals surface area contributed by atoms with E-state index >= 15 is 0 Å².